The Morgan fingerprint density at radius 3 is 2.40 bits per heavy atom. The molecule has 1 rings (SSSR count). The number of carbonyl (C=O) groups excluding carboxylic acids is 1. The zero-order valence-electron chi connectivity index (χ0n) is 9.32. The van der Waals surface area contributed by atoms with E-state index >= 15 is 0 Å². The molecule has 1 aromatic carbocycles. The number of allylic oxidation sites excluding steroid dienone is 1. The highest BCUT2D eigenvalue weighted by Crippen LogP contribution is 2.13. The fourth-order valence-corrected chi connectivity index (χ4v) is 1.30. The quantitative estimate of drug-likeness (QED) is 0.817. The molecule has 0 heterocycles. The van der Waals surface area contributed by atoms with Crippen molar-refractivity contribution in [2.75, 3.05) is 19.0 Å². The summed E-state index contributed by atoms with van der Waals surface area (Å²) in [4.78, 5) is 13.3. The van der Waals surface area contributed by atoms with Crippen LogP contribution in [0.3, 0.4) is 0 Å². The highest BCUT2D eigenvalue weighted by Gasteiger charge is 2.02. The van der Waals surface area contributed by atoms with Crippen LogP contribution in [0.1, 0.15) is 17.3 Å². The van der Waals surface area contributed by atoms with E-state index in [0.717, 1.165) is 5.69 Å². The van der Waals surface area contributed by atoms with Gasteiger partial charge in [0.2, 0.25) is 0 Å². The van der Waals surface area contributed by atoms with Gasteiger partial charge >= 0.3 is 0 Å². The lowest BCUT2D eigenvalue weighted by atomic mass is 10.2. The van der Waals surface area contributed by atoms with Crippen LogP contribution in [-0.2, 0) is 0 Å². The highest BCUT2D eigenvalue weighted by atomic mass is 16.1. The maximum Gasteiger partial charge on any atom is 0.251 e. The summed E-state index contributed by atoms with van der Waals surface area (Å²) in [6.07, 6.45) is 3.93. The van der Waals surface area contributed by atoms with Crippen LogP contribution in [-0.4, -0.2) is 20.0 Å². The summed E-state index contributed by atoms with van der Waals surface area (Å²) in [5.74, 6) is -0.0600. The molecule has 0 saturated carbocycles. The van der Waals surface area contributed by atoms with E-state index in [2.05, 4.69) is 5.32 Å². The van der Waals surface area contributed by atoms with Gasteiger partial charge in [-0.1, -0.05) is 6.08 Å². The van der Waals surface area contributed by atoms with Crippen molar-refractivity contribution in [2.45, 2.75) is 6.92 Å². The first-order valence-electron chi connectivity index (χ1n) is 4.87. The summed E-state index contributed by atoms with van der Waals surface area (Å²) in [7, 11) is 3.59. The van der Waals surface area contributed by atoms with Gasteiger partial charge in [0.15, 0.2) is 0 Å². The first-order chi connectivity index (χ1) is 7.19. The van der Waals surface area contributed by atoms with E-state index in [1.165, 1.54) is 0 Å². The van der Waals surface area contributed by atoms with Crippen LogP contribution in [0.2, 0.25) is 0 Å². The van der Waals surface area contributed by atoms with Gasteiger partial charge in [0.1, 0.15) is 0 Å². The fraction of sp³-hybridized carbons (Fsp3) is 0.250. The normalized spacial score (nSPS) is 10.3. The standard InChI is InChI=1S/C12H16N2O/c1-4-9-14(3)11-7-5-10(6-8-11)12(15)13-2/h4-9H,1-3H3,(H,13,15)/b9-4-. The molecule has 0 spiro atoms. The molecule has 0 radical (unpaired) electrons. The molecule has 80 valence electrons. The minimum absolute atomic E-state index is 0.0600. The lowest BCUT2D eigenvalue weighted by Crippen LogP contribution is -2.17. The summed E-state index contributed by atoms with van der Waals surface area (Å²) in [6.45, 7) is 1.97. The summed E-state index contributed by atoms with van der Waals surface area (Å²) in [5, 5.41) is 2.59. The van der Waals surface area contributed by atoms with Gasteiger partial charge in [0.05, 0.1) is 0 Å². The largest absolute Gasteiger partial charge is 0.355 e. The molecule has 3 nitrogen and oxygen atoms in total. The summed E-state index contributed by atoms with van der Waals surface area (Å²) < 4.78 is 0. The van der Waals surface area contributed by atoms with Crippen LogP contribution in [0.5, 0.6) is 0 Å². The van der Waals surface area contributed by atoms with Crippen molar-refractivity contribution < 1.29 is 4.79 Å². The maximum atomic E-state index is 11.3. The fourth-order valence-electron chi connectivity index (χ4n) is 1.30. The molecule has 0 aliphatic heterocycles. The van der Waals surface area contributed by atoms with Crippen LogP contribution in [0.4, 0.5) is 5.69 Å². The van der Waals surface area contributed by atoms with Gasteiger partial charge in [-0.15, -0.1) is 0 Å². The minimum atomic E-state index is -0.0600. The molecule has 1 aromatic rings. The van der Waals surface area contributed by atoms with E-state index in [0.29, 0.717) is 5.56 Å². The van der Waals surface area contributed by atoms with Crippen molar-refractivity contribution >= 4 is 11.6 Å². The van der Waals surface area contributed by atoms with Gasteiger partial charge < -0.3 is 10.2 Å². The number of rotatable bonds is 3. The molecule has 0 bridgehead atoms. The highest BCUT2D eigenvalue weighted by molar-refractivity contribution is 5.94. The number of carbonyl (C=O) groups is 1. The van der Waals surface area contributed by atoms with Crippen molar-refractivity contribution in [2.24, 2.45) is 0 Å². The van der Waals surface area contributed by atoms with Crippen LogP contribution in [0, 0.1) is 0 Å². The third-order valence-corrected chi connectivity index (χ3v) is 2.14. The monoisotopic (exact) mass is 204 g/mol. The van der Waals surface area contributed by atoms with E-state index in [9.17, 15) is 4.79 Å². The van der Waals surface area contributed by atoms with Gasteiger partial charge in [-0.3, -0.25) is 4.79 Å². The molecule has 0 aliphatic carbocycles. The minimum Gasteiger partial charge on any atom is -0.355 e. The van der Waals surface area contributed by atoms with E-state index in [1.807, 2.05) is 55.4 Å². The first-order valence-corrected chi connectivity index (χ1v) is 4.87. The number of hydrogen-bond acceptors (Lipinski definition) is 2. The van der Waals surface area contributed by atoms with Crippen molar-refractivity contribution in [3.8, 4) is 0 Å². The third-order valence-electron chi connectivity index (χ3n) is 2.14. The van der Waals surface area contributed by atoms with Crippen molar-refractivity contribution in [1.82, 2.24) is 5.32 Å². The average molecular weight is 204 g/mol. The SMILES string of the molecule is C/C=C\N(C)c1ccc(C(=O)NC)cc1. The number of amides is 1. The lowest BCUT2D eigenvalue weighted by Gasteiger charge is -2.13. The van der Waals surface area contributed by atoms with Gasteiger partial charge in [-0.25, -0.2) is 0 Å². The topological polar surface area (TPSA) is 32.3 Å². The molecule has 0 fully saturated rings. The summed E-state index contributed by atoms with van der Waals surface area (Å²) >= 11 is 0. The second kappa shape index (κ2) is 5.20. The van der Waals surface area contributed by atoms with Gasteiger partial charge in [0.25, 0.3) is 5.91 Å². The molecule has 0 saturated heterocycles. The Bertz CT molecular complexity index is 354. The molecule has 0 aliphatic rings. The smallest absolute Gasteiger partial charge is 0.251 e. The first kappa shape index (κ1) is 11.3. The van der Waals surface area contributed by atoms with Gasteiger partial charge in [-0.05, 0) is 37.4 Å². The second-order valence-electron chi connectivity index (χ2n) is 3.22. The summed E-state index contributed by atoms with van der Waals surface area (Å²) in [6, 6.07) is 7.47. The Kier molecular flexibility index (Phi) is 3.92. The lowest BCUT2D eigenvalue weighted by molar-refractivity contribution is 0.0963. The molecule has 0 aromatic heterocycles. The molecule has 0 atom stereocenters. The number of benzene rings is 1. The van der Waals surface area contributed by atoms with Crippen molar-refractivity contribution in [1.29, 1.82) is 0 Å². The van der Waals surface area contributed by atoms with Crippen LogP contribution >= 0.6 is 0 Å². The van der Waals surface area contributed by atoms with Gasteiger partial charge in [0, 0.05) is 25.3 Å². The Morgan fingerprint density at radius 2 is 1.93 bits per heavy atom. The Labute approximate surface area is 90.4 Å². The van der Waals surface area contributed by atoms with Crippen LogP contribution in [0.15, 0.2) is 36.5 Å². The molecule has 1 N–H and O–H groups in total. The predicted octanol–water partition coefficient (Wildman–Crippen LogP) is 2.02. The van der Waals surface area contributed by atoms with E-state index < -0.39 is 0 Å². The van der Waals surface area contributed by atoms with E-state index in [4.69, 9.17) is 0 Å². The second-order valence-corrected chi connectivity index (χ2v) is 3.22. The molecular weight excluding hydrogens is 188 g/mol. The van der Waals surface area contributed by atoms with Crippen molar-refractivity contribution in [3.63, 3.8) is 0 Å². The van der Waals surface area contributed by atoms with Gasteiger partial charge in [-0.2, -0.15) is 0 Å². The summed E-state index contributed by atoms with van der Waals surface area (Å²) in [5.41, 5.74) is 1.73. The Balaban J connectivity index is 2.85. The maximum absolute atomic E-state index is 11.3. The number of hydrogen-bond donors (Lipinski definition) is 1. The van der Waals surface area contributed by atoms with Crippen LogP contribution < -0.4 is 10.2 Å². The molecule has 3 heteroatoms. The zero-order valence-corrected chi connectivity index (χ0v) is 9.32. The average Bonchev–Trinajstić information content (AvgIpc) is 2.28. The number of nitrogens with zero attached hydrogens (tertiary/aromatic N) is 1. The Morgan fingerprint density at radius 1 is 1.33 bits per heavy atom. The number of anilines is 1. The third kappa shape index (κ3) is 2.84. The molecule has 1 amide bonds. The molecule has 0 unspecified atom stereocenters. The van der Waals surface area contributed by atoms with Crippen LogP contribution in [0.25, 0.3) is 0 Å². The van der Waals surface area contributed by atoms with Crippen molar-refractivity contribution in [3.05, 3.63) is 42.1 Å². The molecule has 15 heavy (non-hydrogen) atoms. The van der Waals surface area contributed by atoms with E-state index in [1.54, 1.807) is 7.05 Å². The molecular formula is C12H16N2O. The van der Waals surface area contributed by atoms with E-state index in [-0.39, 0.29) is 5.91 Å². The Hall–Kier alpha value is -1.77. The predicted molar refractivity (Wildman–Crippen MR) is 63.0 cm³/mol. The zero-order chi connectivity index (χ0) is 11.3. The number of nitrogens with one attached hydrogen (secondary N) is 1.